The summed E-state index contributed by atoms with van der Waals surface area (Å²) in [5, 5.41) is 17.2. The lowest BCUT2D eigenvalue weighted by Crippen LogP contribution is -2.49. The molecule has 1 aromatic heterocycles. The molecule has 32 heavy (non-hydrogen) atoms. The van der Waals surface area contributed by atoms with Gasteiger partial charge in [-0.25, -0.2) is 4.79 Å². The van der Waals surface area contributed by atoms with Gasteiger partial charge in [0.05, 0.1) is 18.1 Å². The Balaban J connectivity index is 1.72. The Labute approximate surface area is 181 Å². The number of benzene rings is 2. The lowest BCUT2D eigenvalue weighted by Gasteiger charge is -2.19. The van der Waals surface area contributed by atoms with E-state index in [1.807, 2.05) is 30.3 Å². The standard InChI is InChI=1S/C22H20F3N5O2/c23-22(24,25)15-6-8-16(9-7-15)29-21(32)30-19(20(31)27-11-3-10-26)12-14-13-28-18-5-2-1-4-17(14)18/h1-2,4-9,13,19,28H,3,11-12H2,(H,27,31)(H2,29,30,32). The molecule has 0 saturated heterocycles. The van der Waals surface area contributed by atoms with Gasteiger partial charge >= 0.3 is 12.2 Å². The van der Waals surface area contributed by atoms with Crippen molar-refractivity contribution in [2.75, 3.05) is 11.9 Å². The van der Waals surface area contributed by atoms with Crippen LogP contribution in [0.4, 0.5) is 23.7 Å². The highest BCUT2D eigenvalue weighted by atomic mass is 19.4. The molecular formula is C22H20F3N5O2. The number of halogens is 3. The van der Waals surface area contributed by atoms with Gasteiger partial charge in [0, 0.05) is 35.8 Å². The van der Waals surface area contributed by atoms with Crippen LogP contribution >= 0.6 is 0 Å². The van der Waals surface area contributed by atoms with Gasteiger partial charge < -0.3 is 20.9 Å². The topological polar surface area (TPSA) is 110 Å². The van der Waals surface area contributed by atoms with Crippen LogP contribution in [0.1, 0.15) is 17.5 Å². The van der Waals surface area contributed by atoms with Crippen LogP contribution < -0.4 is 16.0 Å². The minimum absolute atomic E-state index is 0.114. The maximum atomic E-state index is 12.7. The second-order valence-corrected chi connectivity index (χ2v) is 6.99. The minimum atomic E-state index is -4.48. The van der Waals surface area contributed by atoms with Gasteiger partial charge in [-0.2, -0.15) is 18.4 Å². The highest BCUT2D eigenvalue weighted by molar-refractivity contribution is 5.94. The van der Waals surface area contributed by atoms with Crippen molar-refractivity contribution in [3.8, 4) is 6.07 Å². The fourth-order valence-corrected chi connectivity index (χ4v) is 3.16. The van der Waals surface area contributed by atoms with Crippen LogP contribution in [0.5, 0.6) is 0 Å². The number of fused-ring (bicyclic) bond motifs is 1. The largest absolute Gasteiger partial charge is 0.416 e. The molecule has 3 amide bonds. The number of urea groups is 1. The summed E-state index contributed by atoms with van der Waals surface area (Å²) < 4.78 is 38.1. The van der Waals surface area contributed by atoms with Crippen molar-refractivity contribution in [2.45, 2.75) is 25.1 Å². The first-order chi connectivity index (χ1) is 15.3. The van der Waals surface area contributed by atoms with E-state index in [4.69, 9.17) is 5.26 Å². The Morgan fingerprint density at radius 3 is 2.50 bits per heavy atom. The summed E-state index contributed by atoms with van der Waals surface area (Å²) in [7, 11) is 0. The Hall–Kier alpha value is -4.00. The van der Waals surface area contributed by atoms with E-state index in [1.54, 1.807) is 6.20 Å². The van der Waals surface area contributed by atoms with Gasteiger partial charge in [0.15, 0.2) is 0 Å². The smallest absolute Gasteiger partial charge is 0.361 e. The summed E-state index contributed by atoms with van der Waals surface area (Å²) in [6.45, 7) is 0.127. The molecule has 4 N–H and O–H groups in total. The second kappa shape index (κ2) is 9.87. The SMILES string of the molecule is N#CCCNC(=O)C(Cc1c[nH]c2ccccc12)NC(=O)Nc1ccc(C(F)(F)F)cc1. The number of para-hydroxylation sites is 1. The van der Waals surface area contributed by atoms with E-state index in [-0.39, 0.29) is 25.1 Å². The van der Waals surface area contributed by atoms with Gasteiger partial charge in [0.2, 0.25) is 5.91 Å². The zero-order valence-corrected chi connectivity index (χ0v) is 16.8. The summed E-state index contributed by atoms with van der Waals surface area (Å²) in [6, 6.07) is 11.7. The highest BCUT2D eigenvalue weighted by Crippen LogP contribution is 2.29. The molecule has 0 aliphatic rings. The Bertz CT molecular complexity index is 1130. The van der Waals surface area contributed by atoms with Crippen LogP contribution in [-0.2, 0) is 17.4 Å². The van der Waals surface area contributed by atoms with E-state index in [1.165, 1.54) is 0 Å². The van der Waals surface area contributed by atoms with Crippen molar-refractivity contribution in [3.63, 3.8) is 0 Å². The number of aromatic amines is 1. The van der Waals surface area contributed by atoms with Gasteiger partial charge in [-0.15, -0.1) is 0 Å². The predicted molar refractivity (Wildman–Crippen MR) is 113 cm³/mol. The summed E-state index contributed by atoms with van der Waals surface area (Å²) >= 11 is 0. The molecule has 1 atom stereocenters. The number of H-pyrrole nitrogens is 1. The third kappa shape index (κ3) is 5.78. The quantitative estimate of drug-likeness (QED) is 0.415. The average Bonchev–Trinajstić information content (AvgIpc) is 3.16. The molecular weight excluding hydrogens is 423 g/mol. The van der Waals surface area contributed by atoms with Crippen LogP contribution in [0.2, 0.25) is 0 Å². The maximum Gasteiger partial charge on any atom is 0.416 e. The first kappa shape index (κ1) is 22.7. The Morgan fingerprint density at radius 1 is 1.09 bits per heavy atom. The molecule has 0 bridgehead atoms. The lowest BCUT2D eigenvalue weighted by atomic mass is 10.0. The van der Waals surface area contributed by atoms with Gasteiger partial charge in [-0.3, -0.25) is 4.79 Å². The molecule has 1 heterocycles. The molecule has 1 unspecified atom stereocenters. The number of rotatable bonds is 7. The number of amides is 3. The molecule has 0 spiro atoms. The van der Waals surface area contributed by atoms with E-state index >= 15 is 0 Å². The molecule has 7 nitrogen and oxygen atoms in total. The predicted octanol–water partition coefficient (Wildman–Crippen LogP) is 3.95. The van der Waals surface area contributed by atoms with Crippen LogP contribution in [-0.4, -0.2) is 29.5 Å². The monoisotopic (exact) mass is 443 g/mol. The van der Waals surface area contributed by atoms with E-state index < -0.39 is 29.7 Å². The molecule has 0 radical (unpaired) electrons. The molecule has 0 aliphatic carbocycles. The normalized spacial score (nSPS) is 12.1. The van der Waals surface area contributed by atoms with Gasteiger partial charge in [0.1, 0.15) is 6.04 Å². The highest BCUT2D eigenvalue weighted by Gasteiger charge is 2.30. The fraction of sp³-hybridized carbons (Fsp3) is 0.227. The zero-order valence-electron chi connectivity index (χ0n) is 16.8. The molecule has 2 aromatic carbocycles. The summed E-state index contributed by atoms with van der Waals surface area (Å²) in [4.78, 5) is 28.2. The van der Waals surface area contributed by atoms with E-state index in [0.29, 0.717) is 0 Å². The van der Waals surface area contributed by atoms with Crippen molar-refractivity contribution in [1.29, 1.82) is 5.26 Å². The van der Waals surface area contributed by atoms with Crippen LogP contribution in [0.3, 0.4) is 0 Å². The number of anilines is 1. The Morgan fingerprint density at radius 2 is 1.81 bits per heavy atom. The number of carbonyl (C=O) groups is 2. The van der Waals surface area contributed by atoms with Crippen LogP contribution in [0, 0.1) is 11.3 Å². The number of alkyl halides is 3. The first-order valence-electron chi connectivity index (χ1n) is 9.72. The number of nitrogens with zero attached hydrogens (tertiary/aromatic N) is 1. The van der Waals surface area contributed by atoms with E-state index in [0.717, 1.165) is 40.7 Å². The van der Waals surface area contributed by atoms with Crippen molar-refractivity contribution in [2.24, 2.45) is 0 Å². The van der Waals surface area contributed by atoms with E-state index in [9.17, 15) is 22.8 Å². The van der Waals surface area contributed by atoms with Crippen LogP contribution in [0.25, 0.3) is 10.9 Å². The Kier molecular flexibility index (Phi) is 7.00. The summed E-state index contributed by atoms with van der Waals surface area (Å²) in [6.07, 6.45) is -2.45. The maximum absolute atomic E-state index is 12.7. The number of hydrogen-bond acceptors (Lipinski definition) is 3. The summed E-state index contributed by atoms with van der Waals surface area (Å²) in [5.74, 6) is -0.479. The molecule has 0 saturated carbocycles. The third-order valence-electron chi connectivity index (χ3n) is 4.73. The molecule has 10 heteroatoms. The molecule has 166 valence electrons. The van der Waals surface area contributed by atoms with Crippen molar-refractivity contribution >= 4 is 28.5 Å². The first-order valence-corrected chi connectivity index (χ1v) is 9.72. The number of aromatic nitrogens is 1. The molecule has 0 aliphatic heterocycles. The minimum Gasteiger partial charge on any atom is -0.361 e. The average molecular weight is 443 g/mol. The number of carbonyl (C=O) groups excluding carboxylic acids is 2. The molecule has 3 aromatic rings. The fourth-order valence-electron chi connectivity index (χ4n) is 3.16. The number of hydrogen-bond donors (Lipinski definition) is 4. The summed E-state index contributed by atoms with van der Waals surface area (Å²) in [5.41, 5.74) is 0.986. The van der Waals surface area contributed by atoms with Gasteiger partial charge in [-0.1, -0.05) is 18.2 Å². The number of nitrogens with one attached hydrogen (secondary N) is 4. The third-order valence-corrected chi connectivity index (χ3v) is 4.73. The molecule has 0 fully saturated rings. The van der Waals surface area contributed by atoms with Gasteiger partial charge in [-0.05, 0) is 35.9 Å². The lowest BCUT2D eigenvalue weighted by molar-refractivity contribution is -0.137. The van der Waals surface area contributed by atoms with Crippen molar-refractivity contribution in [3.05, 3.63) is 65.9 Å². The van der Waals surface area contributed by atoms with Crippen molar-refractivity contribution in [1.82, 2.24) is 15.6 Å². The van der Waals surface area contributed by atoms with E-state index in [2.05, 4.69) is 20.9 Å². The second-order valence-electron chi connectivity index (χ2n) is 6.99. The van der Waals surface area contributed by atoms with Gasteiger partial charge in [0.25, 0.3) is 0 Å². The number of nitriles is 1. The van der Waals surface area contributed by atoms with Crippen molar-refractivity contribution < 1.29 is 22.8 Å². The molecule has 3 rings (SSSR count). The zero-order chi connectivity index (χ0) is 23.1. The van der Waals surface area contributed by atoms with Crippen LogP contribution in [0.15, 0.2) is 54.7 Å².